The van der Waals surface area contributed by atoms with Crippen molar-refractivity contribution in [3.8, 4) is 0 Å². The van der Waals surface area contributed by atoms with Crippen LogP contribution in [0.4, 0.5) is 13.2 Å². The fraction of sp³-hybridized carbons (Fsp3) is 1.00. The molecule has 5 aliphatic rings. The number of rotatable bonds is 4. The van der Waals surface area contributed by atoms with Gasteiger partial charge in [-0.25, -0.2) is 0 Å². The van der Waals surface area contributed by atoms with Gasteiger partial charge in [-0.3, -0.25) is 4.55 Å². The summed E-state index contributed by atoms with van der Waals surface area (Å²) in [5.74, 6) is -3.38. The largest absolute Gasteiger partial charge is 0.392 e. The minimum atomic E-state index is -4.68. The SMILES string of the molecule is O=S(=O)(O)CC(CC12CC3CC(C1)C1(OCCO1)C(C3)C2)C(F)(F)F. The predicted molar refractivity (Wildman–Crippen MR) is 81.2 cm³/mol. The van der Waals surface area contributed by atoms with Gasteiger partial charge >= 0.3 is 6.18 Å². The van der Waals surface area contributed by atoms with Crippen molar-refractivity contribution >= 4 is 10.1 Å². The van der Waals surface area contributed by atoms with Crippen LogP contribution in [-0.2, 0) is 19.6 Å². The highest BCUT2D eigenvalue weighted by Crippen LogP contribution is 2.67. The summed E-state index contributed by atoms with van der Waals surface area (Å²) in [6.07, 6.45) is -1.20. The summed E-state index contributed by atoms with van der Waals surface area (Å²) in [5.41, 5.74) is -0.526. The smallest absolute Gasteiger partial charge is 0.347 e. The minimum Gasteiger partial charge on any atom is -0.347 e. The molecule has 3 unspecified atom stereocenters. The summed E-state index contributed by atoms with van der Waals surface area (Å²) >= 11 is 0. The van der Waals surface area contributed by atoms with Crippen LogP contribution < -0.4 is 0 Å². The van der Waals surface area contributed by atoms with E-state index in [9.17, 15) is 21.6 Å². The lowest BCUT2D eigenvalue weighted by Crippen LogP contribution is -2.62. The maximum absolute atomic E-state index is 13.4. The first-order chi connectivity index (χ1) is 11.5. The van der Waals surface area contributed by atoms with E-state index in [1.165, 1.54) is 0 Å². The molecule has 0 amide bonds. The van der Waals surface area contributed by atoms with Crippen molar-refractivity contribution in [1.29, 1.82) is 0 Å². The molecule has 0 aromatic carbocycles. The van der Waals surface area contributed by atoms with Crippen LogP contribution in [0.15, 0.2) is 0 Å². The molecule has 0 radical (unpaired) electrons. The molecule has 1 N–H and O–H groups in total. The molecule has 4 aliphatic carbocycles. The van der Waals surface area contributed by atoms with Gasteiger partial charge in [0.05, 0.1) is 24.9 Å². The van der Waals surface area contributed by atoms with Gasteiger partial charge in [0.15, 0.2) is 5.79 Å². The third-order valence-electron chi connectivity index (χ3n) is 6.75. The van der Waals surface area contributed by atoms with E-state index >= 15 is 0 Å². The highest BCUT2D eigenvalue weighted by atomic mass is 32.2. The van der Waals surface area contributed by atoms with E-state index < -0.39 is 39.2 Å². The molecule has 0 aromatic rings. The number of halogens is 3. The molecule has 25 heavy (non-hydrogen) atoms. The van der Waals surface area contributed by atoms with Crippen molar-refractivity contribution in [1.82, 2.24) is 0 Å². The lowest BCUT2D eigenvalue weighted by molar-refractivity contribution is -0.307. The van der Waals surface area contributed by atoms with Crippen LogP contribution in [0.3, 0.4) is 0 Å². The molecule has 1 heterocycles. The van der Waals surface area contributed by atoms with E-state index in [0.29, 0.717) is 38.4 Å². The molecule has 0 aromatic heterocycles. The molecule has 1 aliphatic heterocycles. The molecule has 5 nitrogen and oxygen atoms in total. The third-order valence-corrected chi connectivity index (χ3v) is 7.57. The van der Waals surface area contributed by atoms with E-state index in [1.54, 1.807) is 0 Å². The van der Waals surface area contributed by atoms with Crippen molar-refractivity contribution in [2.45, 2.75) is 50.5 Å². The second kappa shape index (κ2) is 5.56. The van der Waals surface area contributed by atoms with Crippen molar-refractivity contribution in [2.75, 3.05) is 19.0 Å². The average molecular weight is 384 g/mol. The first-order valence-electron chi connectivity index (χ1n) is 8.81. The molecule has 1 spiro atoms. The van der Waals surface area contributed by atoms with E-state index in [4.69, 9.17) is 14.0 Å². The fourth-order valence-electron chi connectivity index (χ4n) is 6.30. The number of hydrogen-bond donors (Lipinski definition) is 1. The summed E-state index contributed by atoms with van der Waals surface area (Å²) in [7, 11) is -4.68. The standard InChI is InChI=1S/C16H23F3O5S/c17-16(18,19)13(9-25(20,21)22)8-14-5-10-3-11(6-14)15(12(4-10)7-14)23-1-2-24-15/h10-13H,1-9H2,(H,20,21,22). The van der Waals surface area contributed by atoms with E-state index in [-0.39, 0.29) is 18.3 Å². The first kappa shape index (κ1) is 18.0. The monoisotopic (exact) mass is 384 g/mol. The van der Waals surface area contributed by atoms with Crippen LogP contribution in [0.5, 0.6) is 0 Å². The Morgan fingerprint density at radius 2 is 1.64 bits per heavy atom. The molecule has 144 valence electrons. The van der Waals surface area contributed by atoms with Gasteiger partial charge in [0.1, 0.15) is 0 Å². The molecule has 4 saturated carbocycles. The fourth-order valence-corrected chi connectivity index (χ4v) is 7.12. The zero-order valence-electron chi connectivity index (χ0n) is 13.8. The Morgan fingerprint density at radius 1 is 1.08 bits per heavy atom. The number of alkyl halides is 3. The van der Waals surface area contributed by atoms with Crippen LogP contribution in [0.1, 0.15) is 38.5 Å². The Labute approximate surface area is 145 Å². The van der Waals surface area contributed by atoms with E-state index in [0.717, 1.165) is 12.8 Å². The van der Waals surface area contributed by atoms with Crippen molar-refractivity contribution < 1.29 is 35.6 Å². The van der Waals surface area contributed by atoms with Crippen molar-refractivity contribution in [3.63, 3.8) is 0 Å². The van der Waals surface area contributed by atoms with Gasteiger partial charge in [-0.05, 0) is 49.9 Å². The molecule has 5 fully saturated rings. The van der Waals surface area contributed by atoms with Crippen molar-refractivity contribution in [3.05, 3.63) is 0 Å². The number of ether oxygens (including phenoxy) is 2. The zero-order valence-corrected chi connectivity index (χ0v) is 14.6. The molecular formula is C16H23F3O5S. The van der Waals surface area contributed by atoms with Gasteiger partial charge in [-0.2, -0.15) is 21.6 Å². The van der Waals surface area contributed by atoms with Crippen LogP contribution in [0.2, 0.25) is 0 Å². The summed E-state index contributed by atoms with van der Waals surface area (Å²) in [5, 5.41) is 0. The Morgan fingerprint density at radius 3 is 2.12 bits per heavy atom. The van der Waals surface area contributed by atoms with Crippen LogP contribution in [0.25, 0.3) is 0 Å². The molecule has 3 atom stereocenters. The van der Waals surface area contributed by atoms with Gasteiger partial charge < -0.3 is 9.47 Å². The molecular weight excluding hydrogens is 361 g/mol. The summed E-state index contributed by atoms with van der Waals surface area (Å²) in [6.45, 7) is 1.05. The highest BCUT2D eigenvalue weighted by molar-refractivity contribution is 7.85. The maximum atomic E-state index is 13.4. The molecule has 1 saturated heterocycles. The van der Waals surface area contributed by atoms with Gasteiger partial charge in [-0.15, -0.1) is 0 Å². The topological polar surface area (TPSA) is 72.8 Å². The Hall–Kier alpha value is -0.380. The second-order valence-electron chi connectivity index (χ2n) is 8.45. The van der Waals surface area contributed by atoms with Gasteiger partial charge in [0.25, 0.3) is 10.1 Å². The Kier molecular flexibility index (Phi) is 4.00. The predicted octanol–water partition coefficient (Wildman–Crippen LogP) is 3.01. The lowest BCUT2D eigenvalue weighted by atomic mass is 9.46. The lowest BCUT2D eigenvalue weighted by Gasteiger charge is -2.63. The van der Waals surface area contributed by atoms with Crippen LogP contribution in [0, 0.1) is 29.1 Å². The number of hydrogen-bond acceptors (Lipinski definition) is 4. The van der Waals surface area contributed by atoms with Gasteiger partial charge in [-0.1, -0.05) is 0 Å². The first-order valence-corrected chi connectivity index (χ1v) is 10.4. The molecule has 9 heteroatoms. The van der Waals surface area contributed by atoms with Crippen molar-refractivity contribution in [2.24, 2.45) is 29.1 Å². The normalized spacial score (nSPS) is 40.7. The Balaban J connectivity index is 1.58. The van der Waals surface area contributed by atoms with Crippen LogP contribution >= 0.6 is 0 Å². The highest BCUT2D eigenvalue weighted by Gasteiger charge is 2.65. The minimum absolute atomic E-state index is 0.0841. The second-order valence-corrected chi connectivity index (χ2v) is 9.95. The summed E-state index contributed by atoms with van der Waals surface area (Å²) in [6, 6.07) is 0. The van der Waals surface area contributed by atoms with E-state index in [1.807, 2.05) is 0 Å². The van der Waals surface area contributed by atoms with Crippen LogP contribution in [-0.4, -0.2) is 43.9 Å². The quantitative estimate of drug-likeness (QED) is 0.755. The molecule has 5 rings (SSSR count). The summed E-state index contributed by atoms with van der Waals surface area (Å²) < 4.78 is 83.2. The van der Waals surface area contributed by atoms with E-state index in [2.05, 4.69) is 0 Å². The Bertz CT molecular complexity index is 623. The third kappa shape index (κ3) is 3.11. The molecule has 4 bridgehead atoms. The summed E-state index contributed by atoms with van der Waals surface area (Å²) in [4.78, 5) is 0. The van der Waals surface area contributed by atoms with Gasteiger partial charge in [0, 0.05) is 11.8 Å². The zero-order chi connectivity index (χ0) is 18.1. The maximum Gasteiger partial charge on any atom is 0.392 e. The van der Waals surface area contributed by atoms with Gasteiger partial charge in [0.2, 0.25) is 0 Å². The average Bonchev–Trinajstić information content (AvgIpc) is 2.91.